The Balaban J connectivity index is 0.981. The Kier molecular flexibility index (Phi) is 10.3. The molecular weight excluding hydrogens is 1040 g/mol. The molecular formula is C84H55NO. The van der Waals surface area contributed by atoms with Gasteiger partial charge < -0.3 is 9.64 Å². The summed E-state index contributed by atoms with van der Waals surface area (Å²) < 4.78 is 7.48. The number of benzene rings is 13. The third kappa shape index (κ3) is 6.10. The Bertz CT molecular complexity index is 4980. The number of allylic oxidation sites excluding steroid dienone is 1. The topological polar surface area (TPSA) is 12.5 Å². The van der Waals surface area contributed by atoms with Crippen molar-refractivity contribution in [3.63, 3.8) is 0 Å². The third-order valence-electron chi connectivity index (χ3n) is 20.0. The van der Waals surface area contributed by atoms with Gasteiger partial charge in [0, 0.05) is 33.3 Å². The quantitative estimate of drug-likeness (QED) is 0.158. The lowest BCUT2D eigenvalue weighted by molar-refractivity contribution is 0.471. The van der Waals surface area contributed by atoms with Crippen molar-refractivity contribution < 1.29 is 4.74 Å². The average molecular weight is 1090 g/mol. The van der Waals surface area contributed by atoms with Gasteiger partial charge >= 0.3 is 0 Å². The molecule has 0 saturated heterocycles. The summed E-state index contributed by atoms with van der Waals surface area (Å²) in [5.74, 6) is 1.73. The summed E-state index contributed by atoms with van der Waals surface area (Å²) in [5, 5.41) is 2.21. The summed E-state index contributed by atoms with van der Waals surface area (Å²) in [6.07, 6.45) is 1.96. The first-order valence-electron chi connectivity index (χ1n) is 30.0. The van der Waals surface area contributed by atoms with Gasteiger partial charge in [0.15, 0.2) is 0 Å². The Morgan fingerprint density at radius 1 is 0.337 bits per heavy atom. The maximum Gasteiger partial charge on any atom is 0.140 e. The van der Waals surface area contributed by atoms with Crippen LogP contribution in [0.5, 0.6) is 5.75 Å². The Labute approximate surface area is 501 Å². The van der Waals surface area contributed by atoms with Gasteiger partial charge in [0.25, 0.3) is 0 Å². The number of hydrogen-bond donors (Lipinski definition) is 0. The lowest BCUT2D eigenvalue weighted by atomic mass is 9.65. The van der Waals surface area contributed by atoms with Crippen molar-refractivity contribution in [2.75, 3.05) is 4.90 Å². The van der Waals surface area contributed by atoms with Crippen molar-refractivity contribution in [3.05, 3.63) is 382 Å². The van der Waals surface area contributed by atoms with E-state index in [1.807, 2.05) is 6.08 Å². The van der Waals surface area contributed by atoms with E-state index in [4.69, 9.17) is 4.74 Å². The van der Waals surface area contributed by atoms with Gasteiger partial charge in [-0.3, -0.25) is 0 Å². The Morgan fingerprint density at radius 2 is 0.779 bits per heavy atom. The molecule has 18 rings (SSSR count). The minimum Gasteiger partial charge on any atom is -0.456 e. The van der Waals surface area contributed by atoms with Crippen LogP contribution >= 0.6 is 0 Å². The molecule has 1 unspecified atom stereocenters. The molecule has 0 bridgehead atoms. The zero-order valence-corrected chi connectivity index (χ0v) is 47.4. The standard InChI is InChI=1S/C84H55NO/c1-3-54-26-10-12-32-59(54)80-53(2)82(74-51-48-55-27-11-13-33-60(55)81(74)86-80)70-42-22-17-37-65(70)78-72(82)44-24-46-76(78)85(77-47-25-45-73-79(77)66-38-18-23-43-71(66)83(73,56-28-6-4-7-29-56)57-30-8-5-9-31-57)58-49-50-64-63-36-16-21-41-69(63)84(75(64)52-58)67-39-19-14-34-61(67)62-35-15-20-40-68(62)84/h3-52H,1H2,2H3. The van der Waals surface area contributed by atoms with Crippen LogP contribution in [0.1, 0.15) is 79.2 Å². The molecule has 2 spiro atoms. The van der Waals surface area contributed by atoms with Gasteiger partial charge in [-0.25, -0.2) is 0 Å². The summed E-state index contributed by atoms with van der Waals surface area (Å²) in [6.45, 7) is 6.64. The molecule has 0 radical (unpaired) electrons. The van der Waals surface area contributed by atoms with Gasteiger partial charge in [-0.1, -0.05) is 286 Å². The van der Waals surface area contributed by atoms with E-state index in [1.165, 1.54) is 100 Å². The molecule has 0 N–H and O–H groups in total. The van der Waals surface area contributed by atoms with Crippen molar-refractivity contribution in [2.45, 2.75) is 23.2 Å². The molecule has 2 heteroatoms. The molecule has 402 valence electrons. The highest BCUT2D eigenvalue weighted by atomic mass is 16.5. The smallest absolute Gasteiger partial charge is 0.140 e. The monoisotopic (exact) mass is 1090 g/mol. The number of anilines is 3. The fourth-order valence-electron chi connectivity index (χ4n) is 16.8. The zero-order valence-electron chi connectivity index (χ0n) is 47.4. The van der Waals surface area contributed by atoms with Gasteiger partial charge in [0.05, 0.1) is 27.6 Å². The lowest BCUT2D eigenvalue weighted by Gasteiger charge is -2.41. The number of ether oxygens (including phenoxy) is 1. The first-order chi connectivity index (χ1) is 42.6. The van der Waals surface area contributed by atoms with E-state index in [0.717, 1.165) is 61.6 Å². The Hall–Kier alpha value is -10.8. The molecule has 0 aromatic heterocycles. The molecule has 13 aromatic rings. The van der Waals surface area contributed by atoms with Crippen LogP contribution in [0, 0.1) is 0 Å². The molecule has 86 heavy (non-hydrogen) atoms. The predicted molar refractivity (Wildman–Crippen MR) is 354 cm³/mol. The normalized spacial score (nSPS) is 16.1. The van der Waals surface area contributed by atoms with Crippen LogP contribution in [-0.2, 0) is 16.2 Å². The van der Waals surface area contributed by atoms with E-state index >= 15 is 0 Å². The van der Waals surface area contributed by atoms with Crippen molar-refractivity contribution in [1.29, 1.82) is 0 Å². The molecule has 1 heterocycles. The zero-order chi connectivity index (χ0) is 56.9. The van der Waals surface area contributed by atoms with Gasteiger partial charge in [0.1, 0.15) is 11.5 Å². The number of rotatable bonds is 7. The van der Waals surface area contributed by atoms with Crippen molar-refractivity contribution in [3.8, 4) is 50.3 Å². The van der Waals surface area contributed by atoms with Crippen molar-refractivity contribution in [2.24, 2.45) is 0 Å². The van der Waals surface area contributed by atoms with Gasteiger partial charge in [-0.05, 0) is 137 Å². The van der Waals surface area contributed by atoms with Crippen LogP contribution in [0.4, 0.5) is 17.1 Å². The maximum absolute atomic E-state index is 7.48. The SMILES string of the molecule is C=Cc1ccccc1C1=C(C)C2(c3ccccc3-c3c(N(c4ccc5c(c4)C4(c6ccccc6-c6ccccc64)c4ccccc4-5)c4cccc5c4-c4ccccc4C5(c4ccccc4)c4ccccc4)cccc32)c2ccc3ccccc3c2O1. The van der Waals surface area contributed by atoms with E-state index in [-0.39, 0.29) is 0 Å². The highest BCUT2D eigenvalue weighted by molar-refractivity contribution is 6.06. The van der Waals surface area contributed by atoms with Crippen molar-refractivity contribution >= 4 is 39.7 Å². The molecule has 2 nitrogen and oxygen atoms in total. The first kappa shape index (κ1) is 48.7. The second-order valence-electron chi connectivity index (χ2n) is 23.7. The van der Waals surface area contributed by atoms with Crippen LogP contribution in [0.3, 0.4) is 0 Å². The molecule has 1 aliphatic heterocycles. The largest absolute Gasteiger partial charge is 0.456 e. The number of nitrogens with zero attached hydrogens (tertiary/aromatic N) is 1. The Morgan fingerprint density at radius 3 is 1.35 bits per heavy atom. The van der Waals surface area contributed by atoms with Crippen LogP contribution in [0.15, 0.2) is 309 Å². The predicted octanol–water partition coefficient (Wildman–Crippen LogP) is 20.8. The number of hydrogen-bond acceptors (Lipinski definition) is 2. The molecule has 5 aliphatic rings. The second-order valence-corrected chi connectivity index (χ2v) is 23.7. The van der Waals surface area contributed by atoms with E-state index < -0.39 is 16.2 Å². The van der Waals surface area contributed by atoms with E-state index in [0.29, 0.717) is 0 Å². The fourth-order valence-corrected chi connectivity index (χ4v) is 16.8. The minimum atomic E-state index is -0.767. The summed E-state index contributed by atoms with van der Waals surface area (Å²) in [6, 6.07) is 112. The number of fused-ring (bicyclic) bond motifs is 22. The summed E-state index contributed by atoms with van der Waals surface area (Å²) in [4.78, 5) is 2.65. The maximum atomic E-state index is 7.48. The highest BCUT2D eigenvalue weighted by Gasteiger charge is 2.55. The van der Waals surface area contributed by atoms with Crippen LogP contribution in [-0.4, -0.2) is 0 Å². The third-order valence-corrected chi connectivity index (χ3v) is 20.0. The molecule has 0 fully saturated rings. The summed E-state index contributed by atoms with van der Waals surface area (Å²) in [5.41, 5.74) is 28.2. The molecule has 1 atom stereocenters. The van der Waals surface area contributed by atoms with Gasteiger partial charge in [-0.2, -0.15) is 0 Å². The van der Waals surface area contributed by atoms with E-state index in [1.54, 1.807) is 0 Å². The van der Waals surface area contributed by atoms with E-state index in [2.05, 4.69) is 316 Å². The average Bonchev–Trinajstić information content (AvgIpc) is 1.50. The molecule has 0 amide bonds. The molecule has 4 aliphatic carbocycles. The lowest BCUT2D eigenvalue weighted by Crippen LogP contribution is -2.33. The molecule has 0 saturated carbocycles. The van der Waals surface area contributed by atoms with E-state index in [9.17, 15) is 0 Å². The second kappa shape index (κ2) is 18.1. The van der Waals surface area contributed by atoms with Crippen LogP contribution < -0.4 is 9.64 Å². The van der Waals surface area contributed by atoms with Gasteiger partial charge in [0.2, 0.25) is 0 Å². The van der Waals surface area contributed by atoms with Crippen LogP contribution in [0.2, 0.25) is 0 Å². The van der Waals surface area contributed by atoms with Crippen molar-refractivity contribution in [1.82, 2.24) is 0 Å². The molecule has 13 aromatic carbocycles. The van der Waals surface area contributed by atoms with Gasteiger partial charge in [-0.15, -0.1) is 0 Å². The van der Waals surface area contributed by atoms with Crippen LogP contribution in [0.25, 0.3) is 67.1 Å². The summed E-state index contributed by atoms with van der Waals surface area (Å²) >= 11 is 0. The highest BCUT2D eigenvalue weighted by Crippen LogP contribution is 2.68. The first-order valence-corrected chi connectivity index (χ1v) is 30.0. The fraction of sp³-hybridized carbons (Fsp3) is 0.0476. The summed E-state index contributed by atoms with van der Waals surface area (Å²) in [7, 11) is 0. The minimum absolute atomic E-state index is 0.564.